The number of aryl methyl sites for hydroxylation is 1. The fraction of sp³-hybridized carbons (Fsp3) is 0.727. The molecule has 0 aromatic carbocycles. The molecule has 2 heteroatoms. The summed E-state index contributed by atoms with van der Waals surface area (Å²) in [7, 11) is 0. The topological polar surface area (TPSA) is 17.8 Å². The summed E-state index contributed by atoms with van der Waals surface area (Å²) in [4.78, 5) is 4.56. The maximum atomic E-state index is 4.56. The minimum atomic E-state index is 0.805. The average molecular weight is 176 g/mol. The molecule has 1 unspecified atom stereocenters. The van der Waals surface area contributed by atoms with Gasteiger partial charge in [0.25, 0.3) is 0 Å². The quantitative estimate of drug-likeness (QED) is 0.642. The lowest BCUT2D eigenvalue weighted by Gasteiger charge is -2.22. The van der Waals surface area contributed by atoms with Crippen LogP contribution in [-0.2, 0) is 13.0 Å². The summed E-state index contributed by atoms with van der Waals surface area (Å²) in [6, 6.07) is 0. The van der Waals surface area contributed by atoms with E-state index in [-0.39, 0.29) is 0 Å². The van der Waals surface area contributed by atoms with Crippen molar-refractivity contribution in [2.45, 2.75) is 45.1 Å². The highest BCUT2D eigenvalue weighted by Gasteiger charge is 2.30. The van der Waals surface area contributed by atoms with Crippen molar-refractivity contribution < 1.29 is 0 Å². The van der Waals surface area contributed by atoms with Gasteiger partial charge in [0.1, 0.15) is 5.82 Å². The summed E-state index contributed by atoms with van der Waals surface area (Å²) >= 11 is 0. The van der Waals surface area contributed by atoms with Crippen LogP contribution >= 0.6 is 0 Å². The van der Waals surface area contributed by atoms with Crippen molar-refractivity contribution in [3.8, 4) is 0 Å². The van der Waals surface area contributed by atoms with Crippen molar-refractivity contribution in [1.82, 2.24) is 9.55 Å². The molecule has 0 bridgehead atoms. The number of fused-ring (bicyclic) bond motifs is 1. The zero-order valence-electron chi connectivity index (χ0n) is 8.16. The van der Waals surface area contributed by atoms with Crippen molar-refractivity contribution in [3.05, 3.63) is 17.7 Å². The molecule has 13 heavy (non-hydrogen) atoms. The van der Waals surface area contributed by atoms with Crippen molar-refractivity contribution in [2.75, 3.05) is 0 Å². The summed E-state index contributed by atoms with van der Waals surface area (Å²) in [5, 5.41) is 0. The Morgan fingerprint density at radius 2 is 2.23 bits per heavy atom. The second kappa shape index (κ2) is 2.60. The SMILES string of the molecule is CC1CCc2cnc(C3CC3)n2C1. The molecule has 2 heterocycles. The van der Waals surface area contributed by atoms with E-state index in [0.29, 0.717) is 0 Å². The molecule has 0 radical (unpaired) electrons. The molecule has 1 aromatic heterocycles. The van der Waals surface area contributed by atoms with E-state index in [1.807, 2.05) is 0 Å². The predicted molar refractivity (Wildman–Crippen MR) is 51.7 cm³/mol. The second-order valence-electron chi connectivity index (χ2n) is 4.64. The fourth-order valence-corrected chi connectivity index (χ4v) is 2.30. The van der Waals surface area contributed by atoms with Crippen LogP contribution in [-0.4, -0.2) is 9.55 Å². The first-order chi connectivity index (χ1) is 6.34. The third-order valence-corrected chi connectivity index (χ3v) is 3.30. The normalized spacial score (nSPS) is 27.3. The van der Waals surface area contributed by atoms with Gasteiger partial charge in [-0.2, -0.15) is 0 Å². The number of hydrogen-bond donors (Lipinski definition) is 0. The molecule has 70 valence electrons. The van der Waals surface area contributed by atoms with E-state index in [1.54, 1.807) is 0 Å². The Labute approximate surface area is 79.0 Å². The average Bonchev–Trinajstić information content (AvgIpc) is 2.87. The molecule has 0 amide bonds. The Morgan fingerprint density at radius 1 is 1.38 bits per heavy atom. The van der Waals surface area contributed by atoms with Gasteiger partial charge in [-0.15, -0.1) is 0 Å². The van der Waals surface area contributed by atoms with Crippen LogP contribution in [0.3, 0.4) is 0 Å². The summed E-state index contributed by atoms with van der Waals surface area (Å²) < 4.78 is 2.48. The van der Waals surface area contributed by atoms with Crippen LogP contribution in [0.4, 0.5) is 0 Å². The molecule has 1 aliphatic heterocycles. The molecule has 3 rings (SSSR count). The van der Waals surface area contributed by atoms with E-state index >= 15 is 0 Å². The highest BCUT2D eigenvalue weighted by Crippen LogP contribution is 2.40. The lowest BCUT2D eigenvalue weighted by Crippen LogP contribution is -2.19. The Balaban J connectivity index is 1.99. The standard InChI is InChI=1S/C11H16N2/c1-8-2-5-10-6-12-11(9-3-4-9)13(10)7-8/h6,8-9H,2-5,7H2,1H3. The lowest BCUT2D eigenvalue weighted by atomic mass is 10.0. The van der Waals surface area contributed by atoms with Gasteiger partial charge in [-0.25, -0.2) is 4.98 Å². The van der Waals surface area contributed by atoms with Crippen molar-refractivity contribution in [1.29, 1.82) is 0 Å². The molecule has 1 aromatic rings. The fourth-order valence-electron chi connectivity index (χ4n) is 2.30. The first-order valence-electron chi connectivity index (χ1n) is 5.39. The van der Waals surface area contributed by atoms with E-state index in [9.17, 15) is 0 Å². The first kappa shape index (κ1) is 7.60. The van der Waals surface area contributed by atoms with Crippen LogP contribution in [0, 0.1) is 5.92 Å². The molecule has 0 spiro atoms. The van der Waals surface area contributed by atoms with Gasteiger partial charge in [-0.05, 0) is 31.6 Å². The largest absolute Gasteiger partial charge is 0.332 e. The van der Waals surface area contributed by atoms with Gasteiger partial charge >= 0.3 is 0 Å². The van der Waals surface area contributed by atoms with Crippen molar-refractivity contribution in [2.24, 2.45) is 5.92 Å². The van der Waals surface area contributed by atoms with Crippen LogP contribution in [0.15, 0.2) is 6.20 Å². The Kier molecular flexibility index (Phi) is 1.52. The molecule has 2 aliphatic rings. The predicted octanol–water partition coefficient (Wildman–Crippen LogP) is 2.34. The zero-order chi connectivity index (χ0) is 8.84. The smallest absolute Gasteiger partial charge is 0.111 e. The summed E-state index contributed by atoms with van der Waals surface area (Å²) in [6.07, 6.45) is 7.41. The molecular formula is C11H16N2. The van der Waals surface area contributed by atoms with E-state index in [0.717, 1.165) is 11.8 Å². The Morgan fingerprint density at radius 3 is 3.00 bits per heavy atom. The number of nitrogens with zero attached hydrogens (tertiary/aromatic N) is 2. The van der Waals surface area contributed by atoms with Gasteiger partial charge < -0.3 is 4.57 Å². The minimum Gasteiger partial charge on any atom is -0.332 e. The van der Waals surface area contributed by atoms with Gasteiger partial charge in [-0.1, -0.05) is 6.92 Å². The third-order valence-electron chi connectivity index (χ3n) is 3.30. The maximum absolute atomic E-state index is 4.56. The molecule has 0 N–H and O–H groups in total. The molecule has 0 saturated heterocycles. The van der Waals surface area contributed by atoms with Gasteiger partial charge in [-0.3, -0.25) is 0 Å². The molecule has 1 fully saturated rings. The van der Waals surface area contributed by atoms with Crippen LogP contribution in [0.2, 0.25) is 0 Å². The summed E-state index contributed by atoms with van der Waals surface area (Å²) in [6.45, 7) is 3.56. The number of aromatic nitrogens is 2. The molecule has 1 saturated carbocycles. The monoisotopic (exact) mass is 176 g/mol. The lowest BCUT2D eigenvalue weighted by molar-refractivity contribution is 0.391. The van der Waals surface area contributed by atoms with Gasteiger partial charge in [0.05, 0.1) is 0 Å². The van der Waals surface area contributed by atoms with Crippen LogP contribution in [0.1, 0.15) is 43.6 Å². The van der Waals surface area contributed by atoms with Gasteiger partial charge in [0.2, 0.25) is 0 Å². The van der Waals surface area contributed by atoms with Crippen LogP contribution in [0.25, 0.3) is 0 Å². The minimum absolute atomic E-state index is 0.805. The number of hydrogen-bond acceptors (Lipinski definition) is 1. The molecular weight excluding hydrogens is 160 g/mol. The van der Waals surface area contributed by atoms with Gasteiger partial charge in [0, 0.05) is 24.4 Å². The molecule has 1 atom stereocenters. The van der Waals surface area contributed by atoms with E-state index in [1.165, 1.54) is 43.7 Å². The molecule has 2 nitrogen and oxygen atoms in total. The number of rotatable bonds is 1. The second-order valence-corrected chi connectivity index (χ2v) is 4.64. The third kappa shape index (κ3) is 1.19. The number of imidazole rings is 1. The summed E-state index contributed by atoms with van der Waals surface area (Å²) in [5.74, 6) is 3.03. The highest BCUT2D eigenvalue weighted by atomic mass is 15.1. The first-order valence-corrected chi connectivity index (χ1v) is 5.39. The van der Waals surface area contributed by atoms with Crippen LogP contribution < -0.4 is 0 Å². The van der Waals surface area contributed by atoms with Crippen LogP contribution in [0.5, 0.6) is 0 Å². The summed E-state index contributed by atoms with van der Waals surface area (Å²) in [5.41, 5.74) is 1.47. The van der Waals surface area contributed by atoms with E-state index < -0.39 is 0 Å². The van der Waals surface area contributed by atoms with E-state index in [2.05, 4.69) is 22.7 Å². The van der Waals surface area contributed by atoms with E-state index in [4.69, 9.17) is 0 Å². The van der Waals surface area contributed by atoms with Crippen molar-refractivity contribution >= 4 is 0 Å². The highest BCUT2D eigenvalue weighted by molar-refractivity contribution is 5.15. The Bertz CT molecular complexity index is 323. The van der Waals surface area contributed by atoms with Gasteiger partial charge in [0.15, 0.2) is 0 Å². The van der Waals surface area contributed by atoms with Crippen molar-refractivity contribution in [3.63, 3.8) is 0 Å². The zero-order valence-corrected chi connectivity index (χ0v) is 8.16. The maximum Gasteiger partial charge on any atom is 0.111 e. The Hall–Kier alpha value is -0.790. The molecule has 1 aliphatic carbocycles.